The predicted octanol–water partition coefficient (Wildman–Crippen LogP) is 5.63. The molecule has 25 heavy (non-hydrogen) atoms. The lowest BCUT2D eigenvalue weighted by Gasteiger charge is -2.20. The maximum atomic E-state index is 11.7. The highest BCUT2D eigenvalue weighted by molar-refractivity contribution is 5.69. The molecule has 0 aliphatic heterocycles. The van der Waals surface area contributed by atoms with Crippen molar-refractivity contribution in [1.82, 2.24) is 5.32 Å². The second-order valence-corrected chi connectivity index (χ2v) is 7.90. The van der Waals surface area contributed by atoms with Gasteiger partial charge < -0.3 is 10.1 Å². The van der Waals surface area contributed by atoms with Gasteiger partial charge in [-0.2, -0.15) is 0 Å². The first-order valence-electron chi connectivity index (χ1n) is 9.92. The molecule has 0 radical (unpaired) electrons. The van der Waals surface area contributed by atoms with Crippen LogP contribution in [0.1, 0.15) is 84.1 Å². The number of carbonyl (C=O) groups is 1. The van der Waals surface area contributed by atoms with E-state index in [0.717, 1.165) is 24.9 Å². The molecule has 0 spiro atoms. The molecule has 0 atom stereocenters. The van der Waals surface area contributed by atoms with Crippen molar-refractivity contribution in [3.8, 4) is 0 Å². The van der Waals surface area contributed by atoms with E-state index in [4.69, 9.17) is 4.74 Å². The summed E-state index contributed by atoms with van der Waals surface area (Å²) in [6.07, 6.45) is 10.4. The van der Waals surface area contributed by atoms with Gasteiger partial charge in [0.15, 0.2) is 0 Å². The van der Waals surface area contributed by atoms with E-state index in [1.807, 2.05) is 30.3 Å². The fraction of sp³-hybridized carbons (Fsp3) is 0.682. The number of carbonyl (C=O) groups excluding carboxylic acids is 1. The molecule has 0 unspecified atom stereocenters. The van der Waals surface area contributed by atoms with Gasteiger partial charge in [-0.25, -0.2) is 0 Å². The number of hydrogen-bond donors (Lipinski definition) is 1. The molecule has 0 saturated carbocycles. The molecule has 0 aromatic heterocycles. The molecule has 0 aliphatic carbocycles. The van der Waals surface area contributed by atoms with Crippen LogP contribution in [0, 0.1) is 0 Å². The fourth-order valence-corrected chi connectivity index (χ4v) is 2.73. The average molecular weight is 348 g/mol. The van der Waals surface area contributed by atoms with Crippen molar-refractivity contribution in [2.45, 2.75) is 90.7 Å². The Morgan fingerprint density at radius 3 is 2.04 bits per heavy atom. The van der Waals surface area contributed by atoms with Gasteiger partial charge in [-0.05, 0) is 45.7 Å². The van der Waals surface area contributed by atoms with Gasteiger partial charge in [0.05, 0.1) is 0 Å². The molecule has 0 bridgehead atoms. The number of hydrogen-bond acceptors (Lipinski definition) is 3. The molecule has 0 heterocycles. The highest BCUT2D eigenvalue weighted by Gasteiger charge is 2.07. The van der Waals surface area contributed by atoms with Crippen molar-refractivity contribution in [3.05, 3.63) is 35.9 Å². The number of esters is 1. The molecule has 142 valence electrons. The third kappa shape index (κ3) is 13.6. The Kier molecular flexibility index (Phi) is 11.2. The van der Waals surface area contributed by atoms with E-state index in [9.17, 15) is 4.79 Å². The molecule has 0 aliphatic rings. The van der Waals surface area contributed by atoms with E-state index in [1.54, 1.807) is 0 Å². The van der Waals surface area contributed by atoms with Crippen LogP contribution in [0.2, 0.25) is 0 Å². The van der Waals surface area contributed by atoms with E-state index in [1.165, 1.54) is 38.5 Å². The molecule has 1 N–H and O–H groups in total. The molecular formula is C22H37NO2. The summed E-state index contributed by atoms with van der Waals surface area (Å²) in [6.45, 7) is 8.15. The highest BCUT2D eigenvalue weighted by Crippen LogP contribution is 2.11. The zero-order valence-electron chi connectivity index (χ0n) is 16.5. The third-order valence-corrected chi connectivity index (χ3v) is 4.21. The summed E-state index contributed by atoms with van der Waals surface area (Å²) in [4.78, 5) is 11.7. The number of nitrogens with one attached hydrogen (secondary N) is 1. The zero-order valence-corrected chi connectivity index (χ0v) is 16.5. The third-order valence-electron chi connectivity index (χ3n) is 4.21. The van der Waals surface area contributed by atoms with E-state index in [-0.39, 0.29) is 11.5 Å². The van der Waals surface area contributed by atoms with Gasteiger partial charge in [0.1, 0.15) is 6.61 Å². The van der Waals surface area contributed by atoms with Crippen LogP contribution in [0.5, 0.6) is 0 Å². The second kappa shape index (κ2) is 12.9. The number of rotatable bonds is 13. The van der Waals surface area contributed by atoms with Crippen LogP contribution in [0.3, 0.4) is 0 Å². The lowest BCUT2D eigenvalue weighted by molar-refractivity contribution is -0.145. The molecule has 0 fully saturated rings. The van der Waals surface area contributed by atoms with E-state index in [0.29, 0.717) is 13.0 Å². The minimum absolute atomic E-state index is 0.0739. The van der Waals surface area contributed by atoms with Crippen LogP contribution in [-0.2, 0) is 16.1 Å². The second-order valence-electron chi connectivity index (χ2n) is 7.90. The van der Waals surface area contributed by atoms with Gasteiger partial charge >= 0.3 is 5.97 Å². The summed E-state index contributed by atoms with van der Waals surface area (Å²) < 4.78 is 5.29. The normalized spacial score (nSPS) is 11.5. The molecule has 3 heteroatoms. The van der Waals surface area contributed by atoms with Crippen molar-refractivity contribution < 1.29 is 9.53 Å². The van der Waals surface area contributed by atoms with Crippen LogP contribution in [0.15, 0.2) is 30.3 Å². The SMILES string of the molecule is CC(C)(C)NCCCCCCCCCCC(=O)OCc1ccccc1. The summed E-state index contributed by atoms with van der Waals surface area (Å²) in [7, 11) is 0. The van der Waals surface area contributed by atoms with Gasteiger partial charge in [-0.15, -0.1) is 0 Å². The maximum Gasteiger partial charge on any atom is 0.306 e. The molecule has 0 amide bonds. The lowest BCUT2D eigenvalue weighted by Crippen LogP contribution is -2.36. The first-order valence-corrected chi connectivity index (χ1v) is 9.92. The number of ether oxygens (including phenoxy) is 1. The van der Waals surface area contributed by atoms with Crippen molar-refractivity contribution in [2.75, 3.05) is 6.54 Å². The van der Waals surface area contributed by atoms with E-state index in [2.05, 4.69) is 26.1 Å². The smallest absolute Gasteiger partial charge is 0.306 e. The van der Waals surface area contributed by atoms with Crippen LogP contribution in [0.25, 0.3) is 0 Å². The Hall–Kier alpha value is -1.35. The summed E-state index contributed by atoms with van der Waals surface area (Å²) in [5.41, 5.74) is 1.29. The first kappa shape index (κ1) is 21.7. The number of unbranched alkanes of at least 4 members (excludes halogenated alkanes) is 7. The summed E-state index contributed by atoms with van der Waals surface area (Å²) in [5.74, 6) is -0.0739. The van der Waals surface area contributed by atoms with Crippen LogP contribution < -0.4 is 5.32 Å². The minimum Gasteiger partial charge on any atom is -0.461 e. The van der Waals surface area contributed by atoms with Gasteiger partial charge in [-0.1, -0.05) is 68.9 Å². The quantitative estimate of drug-likeness (QED) is 0.371. The molecular weight excluding hydrogens is 310 g/mol. The van der Waals surface area contributed by atoms with Gasteiger partial charge in [0.25, 0.3) is 0 Å². The Morgan fingerprint density at radius 2 is 1.44 bits per heavy atom. The van der Waals surface area contributed by atoms with Gasteiger partial charge in [0.2, 0.25) is 0 Å². The summed E-state index contributed by atoms with van der Waals surface area (Å²) >= 11 is 0. The Balaban J connectivity index is 1.84. The average Bonchev–Trinajstić information content (AvgIpc) is 2.58. The Labute approximate surface area is 154 Å². The van der Waals surface area contributed by atoms with Crippen molar-refractivity contribution >= 4 is 5.97 Å². The largest absolute Gasteiger partial charge is 0.461 e. The van der Waals surface area contributed by atoms with Gasteiger partial charge in [0, 0.05) is 12.0 Å². The standard InChI is InChI=1S/C22H37NO2/c1-22(2,3)23-18-14-9-7-5-4-6-8-13-17-21(24)25-19-20-15-11-10-12-16-20/h10-12,15-16,23H,4-9,13-14,17-19H2,1-3H3. The lowest BCUT2D eigenvalue weighted by atomic mass is 10.1. The minimum atomic E-state index is -0.0739. The van der Waals surface area contributed by atoms with E-state index < -0.39 is 0 Å². The van der Waals surface area contributed by atoms with Crippen LogP contribution in [0.4, 0.5) is 0 Å². The van der Waals surface area contributed by atoms with E-state index >= 15 is 0 Å². The zero-order chi connectivity index (χ0) is 18.4. The first-order chi connectivity index (χ1) is 12.0. The Morgan fingerprint density at radius 1 is 0.880 bits per heavy atom. The van der Waals surface area contributed by atoms with Crippen molar-refractivity contribution in [1.29, 1.82) is 0 Å². The van der Waals surface area contributed by atoms with Gasteiger partial charge in [-0.3, -0.25) is 4.79 Å². The van der Waals surface area contributed by atoms with Crippen molar-refractivity contribution in [2.24, 2.45) is 0 Å². The summed E-state index contributed by atoms with van der Waals surface area (Å²) in [5, 5.41) is 3.53. The monoisotopic (exact) mass is 347 g/mol. The fourth-order valence-electron chi connectivity index (χ4n) is 2.73. The van der Waals surface area contributed by atoms with Crippen molar-refractivity contribution in [3.63, 3.8) is 0 Å². The molecule has 3 nitrogen and oxygen atoms in total. The topological polar surface area (TPSA) is 38.3 Å². The molecule has 1 aromatic carbocycles. The highest BCUT2D eigenvalue weighted by atomic mass is 16.5. The molecule has 1 rings (SSSR count). The Bertz CT molecular complexity index is 451. The predicted molar refractivity (Wildman–Crippen MR) is 106 cm³/mol. The molecule has 0 saturated heterocycles. The maximum absolute atomic E-state index is 11.7. The number of benzene rings is 1. The summed E-state index contributed by atoms with van der Waals surface area (Å²) in [6, 6.07) is 9.85. The van der Waals surface area contributed by atoms with Crippen LogP contribution >= 0.6 is 0 Å². The van der Waals surface area contributed by atoms with Crippen LogP contribution in [-0.4, -0.2) is 18.1 Å². The molecule has 1 aromatic rings.